The molecule has 1 aliphatic carbocycles. The lowest BCUT2D eigenvalue weighted by Gasteiger charge is -2.23. The van der Waals surface area contributed by atoms with E-state index in [0.717, 1.165) is 11.7 Å². The number of thioether (sulfide) groups is 1. The Balaban J connectivity index is 2.23. The normalized spacial score (nSPS) is 21.7. The largest absolute Gasteiger partial charge is 0.296 e. The van der Waals surface area contributed by atoms with Crippen LogP contribution in [0.2, 0.25) is 0 Å². The van der Waals surface area contributed by atoms with Crippen molar-refractivity contribution < 1.29 is 0 Å². The predicted molar refractivity (Wildman–Crippen MR) is 67.0 cm³/mol. The van der Waals surface area contributed by atoms with Gasteiger partial charge < -0.3 is 0 Å². The molecule has 2 unspecified atom stereocenters. The fraction of sp³-hybridized carbons (Fsp3) is 0.917. The molecule has 1 aliphatic rings. The lowest BCUT2D eigenvalue weighted by atomic mass is 10.1. The fourth-order valence-electron chi connectivity index (χ4n) is 1.37. The molecule has 1 rings (SSSR count). The van der Waals surface area contributed by atoms with Gasteiger partial charge in [-0.05, 0) is 31.4 Å². The molecule has 1 saturated carbocycles. The maximum Gasteiger partial charge on any atom is 0.113 e. The van der Waals surface area contributed by atoms with Crippen LogP contribution in [0.3, 0.4) is 0 Å². The molecule has 0 radical (unpaired) electrons. The molecule has 0 heterocycles. The lowest BCUT2D eigenvalue weighted by Crippen LogP contribution is -2.44. The van der Waals surface area contributed by atoms with Crippen molar-refractivity contribution in [2.75, 3.05) is 11.5 Å². The van der Waals surface area contributed by atoms with E-state index >= 15 is 0 Å². The number of nitriles is 1. The van der Waals surface area contributed by atoms with Crippen LogP contribution in [0.5, 0.6) is 0 Å². The molecule has 0 aromatic rings. The highest BCUT2D eigenvalue weighted by molar-refractivity contribution is 7.99. The van der Waals surface area contributed by atoms with Crippen LogP contribution in [0.15, 0.2) is 0 Å². The van der Waals surface area contributed by atoms with Crippen LogP contribution >= 0.6 is 11.8 Å². The molecule has 0 amide bonds. The van der Waals surface area contributed by atoms with Gasteiger partial charge in [0.25, 0.3) is 0 Å². The summed E-state index contributed by atoms with van der Waals surface area (Å²) >= 11 is 1.90. The Labute approximate surface area is 97.8 Å². The molecule has 0 saturated heterocycles. The molecule has 2 atom stereocenters. The Morgan fingerprint density at radius 2 is 2.27 bits per heavy atom. The zero-order chi connectivity index (χ0) is 11.3. The van der Waals surface area contributed by atoms with Crippen molar-refractivity contribution in [1.29, 1.82) is 5.26 Å². The van der Waals surface area contributed by atoms with Crippen LogP contribution in [-0.4, -0.2) is 23.1 Å². The third kappa shape index (κ3) is 4.90. The highest BCUT2D eigenvalue weighted by atomic mass is 32.2. The zero-order valence-electron chi connectivity index (χ0n) is 10.0. The van der Waals surface area contributed by atoms with E-state index in [2.05, 4.69) is 25.2 Å². The van der Waals surface area contributed by atoms with E-state index in [-0.39, 0.29) is 5.54 Å². The summed E-state index contributed by atoms with van der Waals surface area (Å²) in [6.45, 7) is 6.51. The minimum absolute atomic E-state index is 0.320. The molecular formula is C12H22N2S. The quantitative estimate of drug-likeness (QED) is 0.725. The standard InChI is InChI=1S/C12H22N2S/c1-4-10(2)7-15-9-12(3,8-13)14-11-5-6-11/h10-11,14H,4-7,9H2,1-3H3. The van der Waals surface area contributed by atoms with E-state index in [1.165, 1.54) is 25.0 Å². The maximum absolute atomic E-state index is 9.16. The van der Waals surface area contributed by atoms with Gasteiger partial charge in [0.15, 0.2) is 0 Å². The first-order chi connectivity index (χ1) is 7.09. The van der Waals surface area contributed by atoms with E-state index < -0.39 is 0 Å². The third-order valence-corrected chi connectivity index (χ3v) is 4.42. The lowest BCUT2D eigenvalue weighted by molar-refractivity contribution is 0.490. The van der Waals surface area contributed by atoms with Crippen LogP contribution in [0.4, 0.5) is 0 Å². The molecule has 3 heteroatoms. The van der Waals surface area contributed by atoms with Gasteiger partial charge in [-0.2, -0.15) is 17.0 Å². The topological polar surface area (TPSA) is 35.8 Å². The van der Waals surface area contributed by atoms with E-state index in [1.807, 2.05) is 18.7 Å². The van der Waals surface area contributed by atoms with Gasteiger partial charge in [0.2, 0.25) is 0 Å². The zero-order valence-corrected chi connectivity index (χ0v) is 10.9. The second kappa shape index (κ2) is 5.77. The summed E-state index contributed by atoms with van der Waals surface area (Å²) in [6, 6.07) is 3.02. The molecule has 2 nitrogen and oxygen atoms in total. The molecule has 0 aromatic carbocycles. The molecular weight excluding hydrogens is 204 g/mol. The molecule has 1 fully saturated rings. The summed E-state index contributed by atoms with van der Waals surface area (Å²) in [6.07, 6.45) is 3.72. The Hall–Kier alpha value is -0.200. The van der Waals surface area contributed by atoms with Gasteiger partial charge in [-0.1, -0.05) is 20.3 Å². The molecule has 0 aromatic heterocycles. The first-order valence-corrected chi connectivity index (χ1v) is 7.02. The third-order valence-electron chi connectivity index (χ3n) is 2.84. The molecule has 0 aliphatic heterocycles. The van der Waals surface area contributed by atoms with Crippen LogP contribution in [0.1, 0.15) is 40.0 Å². The van der Waals surface area contributed by atoms with Crippen molar-refractivity contribution >= 4 is 11.8 Å². The van der Waals surface area contributed by atoms with Gasteiger partial charge in [0, 0.05) is 11.8 Å². The van der Waals surface area contributed by atoms with E-state index in [0.29, 0.717) is 6.04 Å². The van der Waals surface area contributed by atoms with Crippen LogP contribution in [0.25, 0.3) is 0 Å². The van der Waals surface area contributed by atoms with Gasteiger partial charge in [0.1, 0.15) is 5.54 Å². The first-order valence-electron chi connectivity index (χ1n) is 5.86. The first kappa shape index (κ1) is 12.9. The van der Waals surface area contributed by atoms with Gasteiger partial charge in [-0.3, -0.25) is 5.32 Å². The smallest absolute Gasteiger partial charge is 0.113 e. The minimum Gasteiger partial charge on any atom is -0.296 e. The predicted octanol–water partition coefficient (Wildman–Crippen LogP) is 2.80. The van der Waals surface area contributed by atoms with E-state index in [1.54, 1.807) is 0 Å². The van der Waals surface area contributed by atoms with Gasteiger partial charge in [-0.15, -0.1) is 0 Å². The fourth-order valence-corrected chi connectivity index (χ4v) is 2.68. The highest BCUT2D eigenvalue weighted by Gasteiger charge is 2.32. The van der Waals surface area contributed by atoms with Gasteiger partial charge >= 0.3 is 0 Å². The number of nitrogens with zero attached hydrogens (tertiary/aromatic N) is 1. The maximum atomic E-state index is 9.16. The second-order valence-electron chi connectivity index (χ2n) is 4.89. The monoisotopic (exact) mass is 226 g/mol. The molecule has 15 heavy (non-hydrogen) atoms. The van der Waals surface area contributed by atoms with Crippen LogP contribution in [-0.2, 0) is 0 Å². The van der Waals surface area contributed by atoms with Crippen molar-refractivity contribution in [3.63, 3.8) is 0 Å². The molecule has 0 bridgehead atoms. The number of hydrogen-bond acceptors (Lipinski definition) is 3. The Kier molecular flexibility index (Phi) is 4.95. The van der Waals surface area contributed by atoms with Gasteiger partial charge in [-0.25, -0.2) is 0 Å². The number of hydrogen-bond donors (Lipinski definition) is 1. The van der Waals surface area contributed by atoms with Crippen molar-refractivity contribution in [2.45, 2.75) is 51.6 Å². The van der Waals surface area contributed by atoms with E-state index in [9.17, 15) is 0 Å². The average Bonchev–Trinajstić information content (AvgIpc) is 3.01. The number of rotatable bonds is 7. The Morgan fingerprint density at radius 3 is 2.73 bits per heavy atom. The Bertz CT molecular complexity index is 232. The SMILES string of the molecule is CCC(C)CSCC(C)(C#N)NC1CC1. The van der Waals surface area contributed by atoms with Crippen LogP contribution < -0.4 is 5.32 Å². The van der Waals surface area contributed by atoms with Crippen molar-refractivity contribution in [3.05, 3.63) is 0 Å². The highest BCUT2D eigenvalue weighted by Crippen LogP contribution is 2.24. The summed E-state index contributed by atoms with van der Waals surface area (Å²) in [5, 5.41) is 12.6. The summed E-state index contributed by atoms with van der Waals surface area (Å²) in [5.41, 5.74) is -0.320. The average molecular weight is 226 g/mol. The molecule has 0 spiro atoms. The minimum atomic E-state index is -0.320. The van der Waals surface area contributed by atoms with Crippen molar-refractivity contribution in [2.24, 2.45) is 5.92 Å². The number of nitrogens with one attached hydrogen (secondary N) is 1. The summed E-state index contributed by atoms with van der Waals surface area (Å²) in [7, 11) is 0. The van der Waals surface area contributed by atoms with Gasteiger partial charge in [0.05, 0.1) is 6.07 Å². The summed E-state index contributed by atoms with van der Waals surface area (Å²) in [4.78, 5) is 0. The molecule has 86 valence electrons. The molecule has 1 N–H and O–H groups in total. The second-order valence-corrected chi connectivity index (χ2v) is 5.92. The van der Waals surface area contributed by atoms with Crippen molar-refractivity contribution in [3.8, 4) is 6.07 Å². The van der Waals surface area contributed by atoms with Crippen molar-refractivity contribution in [1.82, 2.24) is 5.32 Å². The Morgan fingerprint density at radius 1 is 1.60 bits per heavy atom. The van der Waals surface area contributed by atoms with Crippen LogP contribution in [0, 0.1) is 17.2 Å². The summed E-state index contributed by atoms with van der Waals surface area (Å²) < 4.78 is 0. The summed E-state index contributed by atoms with van der Waals surface area (Å²) in [5.74, 6) is 2.84. The van der Waals surface area contributed by atoms with E-state index in [4.69, 9.17) is 5.26 Å².